The summed E-state index contributed by atoms with van der Waals surface area (Å²) in [5.74, 6) is -2.76. The highest BCUT2D eigenvalue weighted by Gasteiger charge is 2.38. The first kappa shape index (κ1) is 34.2. The SMILES string of the molecule is NS(=O)(=O)N1CCCC1c1cc(Cl)cc(-c2cn(-c3ccc(N4CCNCC4)cn3)nc2-c2ccncc2)c1F.O=C(O)C(F)(F)F. The molecular formula is C29H29ClF4N8O4S. The number of aromatic nitrogens is 4. The molecule has 0 aliphatic carbocycles. The van der Waals surface area contributed by atoms with Gasteiger partial charge < -0.3 is 15.3 Å². The third-order valence-electron chi connectivity index (χ3n) is 7.60. The second-order valence-corrected chi connectivity index (χ2v) is 12.6. The molecule has 0 saturated carbocycles. The van der Waals surface area contributed by atoms with E-state index in [4.69, 9.17) is 31.7 Å². The molecule has 2 aliphatic heterocycles. The van der Waals surface area contributed by atoms with Crippen LogP contribution in [0.4, 0.5) is 23.2 Å². The Labute approximate surface area is 272 Å². The summed E-state index contributed by atoms with van der Waals surface area (Å²) >= 11 is 6.50. The first-order valence-electron chi connectivity index (χ1n) is 14.2. The molecule has 5 heterocycles. The van der Waals surface area contributed by atoms with E-state index in [0.717, 1.165) is 41.7 Å². The number of benzene rings is 1. The smallest absolute Gasteiger partial charge is 0.475 e. The Morgan fingerprint density at radius 3 is 2.34 bits per heavy atom. The highest BCUT2D eigenvalue weighted by atomic mass is 35.5. The number of carbonyl (C=O) groups is 1. The minimum Gasteiger partial charge on any atom is -0.475 e. The lowest BCUT2D eigenvalue weighted by Crippen LogP contribution is -2.43. The van der Waals surface area contributed by atoms with Crippen LogP contribution in [0.2, 0.25) is 5.02 Å². The number of carboxylic acids is 1. The number of piperazine rings is 1. The van der Waals surface area contributed by atoms with Gasteiger partial charge in [-0.25, -0.2) is 24.0 Å². The molecular weight excluding hydrogens is 668 g/mol. The summed E-state index contributed by atoms with van der Waals surface area (Å²) in [6.45, 7) is 3.87. The lowest BCUT2D eigenvalue weighted by molar-refractivity contribution is -0.192. The number of pyridine rings is 2. The number of hydrogen-bond donors (Lipinski definition) is 3. The third-order valence-corrected chi connectivity index (χ3v) is 8.91. The molecule has 18 heteroatoms. The van der Waals surface area contributed by atoms with E-state index < -0.39 is 34.2 Å². The van der Waals surface area contributed by atoms with Crippen molar-refractivity contribution in [1.82, 2.24) is 29.4 Å². The maximum atomic E-state index is 16.3. The maximum Gasteiger partial charge on any atom is 0.490 e. The Kier molecular flexibility index (Phi) is 10.1. The molecule has 4 aromatic rings. The van der Waals surface area contributed by atoms with Crippen molar-refractivity contribution < 1.29 is 35.9 Å². The zero-order chi connectivity index (χ0) is 33.9. The average molecular weight is 697 g/mol. The van der Waals surface area contributed by atoms with E-state index in [0.29, 0.717) is 29.9 Å². The molecule has 250 valence electrons. The molecule has 0 bridgehead atoms. The number of hydrogen-bond acceptors (Lipinski definition) is 8. The number of anilines is 1. The summed E-state index contributed by atoms with van der Waals surface area (Å²) in [6, 6.07) is 9.73. The van der Waals surface area contributed by atoms with E-state index >= 15 is 4.39 Å². The number of halogens is 5. The van der Waals surface area contributed by atoms with Crippen LogP contribution < -0.4 is 15.4 Å². The first-order valence-corrected chi connectivity index (χ1v) is 16.1. The molecule has 0 amide bonds. The van der Waals surface area contributed by atoms with Crippen molar-refractivity contribution in [2.45, 2.75) is 25.1 Å². The molecule has 0 radical (unpaired) electrons. The van der Waals surface area contributed by atoms with Crippen LogP contribution in [0.5, 0.6) is 0 Å². The van der Waals surface area contributed by atoms with E-state index in [1.54, 1.807) is 35.4 Å². The molecule has 4 N–H and O–H groups in total. The minimum atomic E-state index is -5.08. The standard InChI is InChI=1S/C27H28ClFN8O2S.C2HF3O2/c28-19-14-21(26(29)22(15-19)24-2-1-11-37(24)40(30,38)39)23-17-36(34-27(23)18-5-7-31-8-6-18)25-4-3-20(16-33-25)35-12-9-32-10-13-35;3-2(4,5)1(6)7/h3-8,14-17,24,32H,1-2,9-13H2,(H2,30,38,39);(H,6,7). The van der Waals surface area contributed by atoms with Crippen LogP contribution >= 0.6 is 11.6 Å². The number of carboxylic acid groups (broad SMARTS) is 1. The third kappa shape index (κ3) is 7.87. The molecule has 47 heavy (non-hydrogen) atoms. The number of aliphatic carboxylic acids is 1. The van der Waals surface area contributed by atoms with Gasteiger partial charge >= 0.3 is 12.1 Å². The number of rotatable bonds is 6. The summed E-state index contributed by atoms with van der Waals surface area (Å²) in [7, 11) is -4.02. The van der Waals surface area contributed by atoms with E-state index in [1.807, 2.05) is 18.3 Å². The second kappa shape index (κ2) is 13.9. The Balaban J connectivity index is 0.000000559. The van der Waals surface area contributed by atoms with Gasteiger partial charge in [-0.2, -0.15) is 31.0 Å². The topological polar surface area (TPSA) is 160 Å². The largest absolute Gasteiger partial charge is 0.490 e. The zero-order valence-electron chi connectivity index (χ0n) is 24.5. The van der Waals surface area contributed by atoms with Gasteiger partial charge in [0.05, 0.1) is 17.9 Å². The molecule has 2 fully saturated rings. The fourth-order valence-corrected chi connectivity index (χ4v) is 6.62. The molecule has 1 unspecified atom stereocenters. The van der Waals surface area contributed by atoms with Gasteiger partial charge in [0.2, 0.25) is 0 Å². The van der Waals surface area contributed by atoms with Crippen LogP contribution in [0.25, 0.3) is 28.2 Å². The quantitative estimate of drug-likeness (QED) is 0.252. The minimum absolute atomic E-state index is 0.181. The van der Waals surface area contributed by atoms with E-state index in [9.17, 15) is 21.6 Å². The molecule has 12 nitrogen and oxygen atoms in total. The predicted octanol–water partition coefficient (Wildman–Crippen LogP) is 4.17. The summed E-state index contributed by atoms with van der Waals surface area (Å²) in [5, 5.41) is 21.0. The number of nitrogens with one attached hydrogen (secondary N) is 1. The van der Waals surface area contributed by atoms with Gasteiger partial charge in [0.1, 0.15) is 11.5 Å². The summed E-state index contributed by atoms with van der Waals surface area (Å²) in [5.41, 5.74) is 3.14. The van der Waals surface area contributed by atoms with Crippen molar-refractivity contribution in [3.05, 3.63) is 77.6 Å². The predicted molar refractivity (Wildman–Crippen MR) is 166 cm³/mol. The van der Waals surface area contributed by atoms with Crippen LogP contribution in [-0.2, 0) is 15.0 Å². The summed E-state index contributed by atoms with van der Waals surface area (Å²) < 4.78 is 75.2. The van der Waals surface area contributed by atoms with Crippen LogP contribution in [0.1, 0.15) is 24.4 Å². The zero-order valence-corrected chi connectivity index (χ0v) is 26.1. The monoisotopic (exact) mass is 696 g/mol. The van der Waals surface area contributed by atoms with E-state index in [-0.39, 0.29) is 22.7 Å². The van der Waals surface area contributed by atoms with Gasteiger partial charge in [0, 0.05) is 78.6 Å². The van der Waals surface area contributed by atoms with Crippen LogP contribution in [0.3, 0.4) is 0 Å². The van der Waals surface area contributed by atoms with Crippen molar-refractivity contribution in [2.75, 3.05) is 37.6 Å². The molecule has 2 saturated heterocycles. The fraction of sp³-hybridized carbons (Fsp3) is 0.310. The summed E-state index contributed by atoms with van der Waals surface area (Å²) in [4.78, 5) is 19.9. The van der Waals surface area contributed by atoms with Gasteiger partial charge in [-0.3, -0.25) is 4.98 Å². The Bertz CT molecular complexity index is 1840. The molecule has 0 spiro atoms. The van der Waals surface area contributed by atoms with Crippen molar-refractivity contribution in [3.63, 3.8) is 0 Å². The normalized spacial score (nSPS) is 17.3. The summed E-state index contributed by atoms with van der Waals surface area (Å²) in [6.07, 6.45) is 2.73. The molecule has 1 aromatic carbocycles. The molecule has 6 rings (SSSR count). The maximum absolute atomic E-state index is 16.3. The van der Waals surface area contributed by atoms with Crippen molar-refractivity contribution in [1.29, 1.82) is 0 Å². The second-order valence-electron chi connectivity index (χ2n) is 10.7. The molecule has 3 aromatic heterocycles. The number of nitrogens with zero attached hydrogens (tertiary/aromatic N) is 6. The lowest BCUT2D eigenvalue weighted by Gasteiger charge is -2.29. The van der Waals surface area contributed by atoms with Crippen molar-refractivity contribution >= 4 is 33.5 Å². The number of nitrogens with two attached hydrogens (primary N) is 1. The van der Waals surface area contributed by atoms with E-state index in [2.05, 4.69) is 20.2 Å². The van der Waals surface area contributed by atoms with Crippen molar-refractivity contribution in [3.8, 4) is 28.2 Å². The Morgan fingerprint density at radius 1 is 1.06 bits per heavy atom. The van der Waals surface area contributed by atoms with Gasteiger partial charge in [0.15, 0.2) is 5.82 Å². The van der Waals surface area contributed by atoms with Crippen molar-refractivity contribution in [2.24, 2.45) is 5.14 Å². The van der Waals surface area contributed by atoms with Gasteiger partial charge in [-0.05, 0) is 49.2 Å². The highest BCUT2D eigenvalue weighted by Crippen LogP contribution is 2.41. The average Bonchev–Trinajstić information content (AvgIpc) is 3.72. The van der Waals surface area contributed by atoms with E-state index in [1.165, 1.54) is 12.1 Å². The van der Waals surface area contributed by atoms with Crippen LogP contribution in [0.15, 0.2) is 61.2 Å². The number of alkyl halides is 3. The molecule has 2 aliphatic rings. The van der Waals surface area contributed by atoms with Gasteiger partial charge in [-0.15, -0.1) is 0 Å². The lowest BCUT2D eigenvalue weighted by atomic mass is 9.96. The first-order chi connectivity index (χ1) is 22.2. The Hall–Kier alpha value is -4.16. The van der Waals surface area contributed by atoms with Crippen LogP contribution in [-0.4, -0.2) is 82.4 Å². The van der Waals surface area contributed by atoms with Crippen LogP contribution in [0, 0.1) is 5.82 Å². The van der Waals surface area contributed by atoms with Gasteiger partial charge in [0.25, 0.3) is 10.2 Å². The molecule has 1 atom stereocenters. The Morgan fingerprint density at radius 2 is 1.74 bits per heavy atom. The highest BCUT2D eigenvalue weighted by molar-refractivity contribution is 7.86. The fourth-order valence-electron chi connectivity index (χ4n) is 5.44. The van der Waals surface area contributed by atoms with Gasteiger partial charge in [-0.1, -0.05) is 11.6 Å².